The zero-order valence-electron chi connectivity index (χ0n) is 13.2. The Kier molecular flexibility index (Phi) is 3.82. The smallest absolute Gasteiger partial charge is 0.274 e. The van der Waals surface area contributed by atoms with Gasteiger partial charge in [-0.2, -0.15) is 5.10 Å². The summed E-state index contributed by atoms with van der Waals surface area (Å²) in [5, 5.41) is 6.98. The van der Waals surface area contributed by atoms with Crippen LogP contribution in [-0.2, 0) is 0 Å². The Bertz CT molecular complexity index is 885. The second kappa shape index (κ2) is 5.79. The summed E-state index contributed by atoms with van der Waals surface area (Å²) in [5.41, 5.74) is 2.85. The first kappa shape index (κ1) is 15.1. The van der Waals surface area contributed by atoms with Crippen LogP contribution in [0.1, 0.15) is 41.5 Å². The second-order valence-electron chi connectivity index (χ2n) is 5.74. The first-order chi connectivity index (χ1) is 11.0. The SMILES string of the molecule is Cc1cc(NC(=O)c2cc(C(C)C)n3nccc3n2)ccc1F. The van der Waals surface area contributed by atoms with Gasteiger partial charge in [0.2, 0.25) is 0 Å². The highest BCUT2D eigenvalue weighted by molar-refractivity contribution is 6.03. The second-order valence-corrected chi connectivity index (χ2v) is 5.74. The highest BCUT2D eigenvalue weighted by Gasteiger charge is 2.15. The Labute approximate surface area is 133 Å². The molecule has 5 nitrogen and oxygen atoms in total. The summed E-state index contributed by atoms with van der Waals surface area (Å²) >= 11 is 0. The van der Waals surface area contributed by atoms with Crippen molar-refractivity contribution in [2.45, 2.75) is 26.7 Å². The molecule has 0 unspecified atom stereocenters. The van der Waals surface area contributed by atoms with E-state index >= 15 is 0 Å². The minimum Gasteiger partial charge on any atom is -0.321 e. The minimum absolute atomic E-state index is 0.194. The van der Waals surface area contributed by atoms with Crippen molar-refractivity contribution in [3.05, 3.63) is 59.3 Å². The molecule has 0 aliphatic carbocycles. The molecule has 0 bridgehead atoms. The molecule has 3 rings (SSSR count). The van der Waals surface area contributed by atoms with Gasteiger partial charge in [-0.05, 0) is 42.7 Å². The standard InChI is InChI=1S/C17H17FN4O/c1-10(2)15-9-14(21-16-6-7-19-22(15)16)17(23)20-12-4-5-13(18)11(3)8-12/h4-10H,1-3H3,(H,20,23). The molecule has 0 aliphatic rings. The van der Waals surface area contributed by atoms with Crippen molar-refractivity contribution in [2.75, 3.05) is 5.32 Å². The van der Waals surface area contributed by atoms with Crippen LogP contribution in [0, 0.1) is 12.7 Å². The van der Waals surface area contributed by atoms with E-state index in [0.29, 0.717) is 22.6 Å². The molecule has 0 saturated heterocycles. The number of benzene rings is 1. The van der Waals surface area contributed by atoms with Crippen LogP contribution in [0.4, 0.5) is 10.1 Å². The lowest BCUT2D eigenvalue weighted by molar-refractivity contribution is 0.102. The van der Waals surface area contributed by atoms with Gasteiger partial charge in [0.1, 0.15) is 11.5 Å². The van der Waals surface area contributed by atoms with Crippen molar-refractivity contribution in [3.8, 4) is 0 Å². The van der Waals surface area contributed by atoms with Crippen LogP contribution in [0.2, 0.25) is 0 Å². The molecule has 0 aliphatic heterocycles. The number of aromatic nitrogens is 3. The van der Waals surface area contributed by atoms with Crippen molar-refractivity contribution < 1.29 is 9.18 Å². The lowest BCUT2D eigenvalue weighted by Crippen LogP contribution is -2.16. The third-order valence-corrected chi connectivity index (χ3v) is 3.63. The molecule has 1 N–H and O–H groups in total. The average Bonchev–Trinajstić information content (AvgIpc) is 2.98. The number of nitrogens with zero attached hydrogens (tertiary/aromatic N) is 3. The maximum Gasteiger partial charge on any atom is 0.274 e. The average molecular weight is 312 g/mol. The summed E-state index contributed by atoms with van der Waals surface area (Å²) < 4.78 is 15.0. The summed E-state index contributed by atoms with van der Waals surface area (Å²) in [5.74, 6) is -0.439. The molecule has 2 aromatic heterocycles. The Morgan fingerprint density at radius 3 is 2.74 bits per heavy atom. The van der Waals surface area contributed by atoms with E-state index in [9.17, 15) is 9.18 Å². The molecule has 23 heavy (non-hydrogen) atoms. The fourth-order valence-electron chi connectivity index (χ4n) is 2.38. The third kappa shape index (κ3) is 2.92. The molecular weight excluding hydrogens is 295 g/mol. The first-order valence-corrected chi connectivity index (χ1v) is 7.38. The van der Waals surface area contributed by atoms with Gasteiger partial charge in [-0.25, -0.2) is 13.9 Å². The van der Waals surface area contributed by atoms with E-state index in [4.69, 9.17) is 0 Å². The van der Waals surface area contributed by atoms with E-state index in [-0.39, 0.29) is 17.6 Å². The van der Waals surface area contributed by atoms with Crippen LogP contribution in [-0.4, -0.2) is 20.5 Å². The van der Waals surface area contributed by atoms with Crippen LogP contribution in [0.5, 0.6) is 0 Å². The Balaban J connectivity index is 1.95. The fraction of sp³-hybridized carbons (Fsp3) is 0.235. The zero-order valence-corrected chi connectivity index (χ0v) is 13.2. The Hall–Kier alpha value is -2.76. The largest absolute Gasteiger partial charge is 0.321 e. The number of carbonyl (C=O) groups is 1. The van der Waals surface area contributed by atoms with Gasteiger partial charge in [0, 0.05) is 17.4 Å². The van der Waals surface area contributed by atoms with Gasteiger partial charge < -0.3 is 5.32 Å². The predicted octanol–water partition coefficient (Wildman–Crippen LogP) is 3.55. The summed E-state index contributed by atoms with van der Waals surface area (Å²) in [7, 11) is 0. The number of hydrogen-bond acceptors (Lipinski definition) is 3. The predicted molar refractivity (Wildman–Crippen MR) is 86.2 cm³/mol. The molecule has 2 heterocycles. The molecule has 0 radical (unpaired) electrons. The van der Waals surface area contributed by atoms with Crippen molar-refractivity contribution in [3.63, 3.8) is 0 Å². The van der Waals surface area contributed by atoms with Crippen LogP contribution >= 0.6 is 0 Å². The first-order valence-electron chi connectivity index (χ1n) is 7.38. The highest BCUT2D eigenvalue weighted by atomic mass is 19.1. The molecular formula is C17H17FN4O. The summed E-state index contributed by atoms with van der Waals surface area (Å²) in [4.78, 5) is 16.8. The van der Waals surface area contributed by atoms with E-state index < -0.39 is 0 Å². The topological polar surface area (TPSA) is 59.3 Å². The van der Waals surface area contributed by atoms with Crippen LogP contribution in [0.3, 0.4) is 0 Å². The molecule has 0 spiro atoms. The molecule has 0 saturated carbocycles. The van der Waals surface area contributed by atoms with Gasteiger partial charge in [0.15, 0.2) is 5.65 Å². The maximum atomic E-state index is 13.3. The van der Waals surface area contributed by atoms with E-state index in [1.807, 2.05) is 13.8 Å². The minimum atomic E-state index is -0.332. The highest BCUT2D eigenvalue weighted by Crippen LogP contribution is 2.18. The van der Waals surface area contributed by atoms with E-state index in [1.54, 1.807) is 35.8 Å². The molecule has 118 valence electrons. The van der Waals surface area contributed by atoms with Gasteiger partial charge in [0.05, 0.1) is 6.20 Å². The summed E-state index contributed by atoms with van der Waals surface area (Å²) in [6, 6.07) is 7.94. The molecule has 0 atom stereocenters. The van der Waals surface area contributed by atoms with Crippen molar-refractivity contribution in [1.82, 2.24) is 14.6 Å². The Morgan fingerprint density at radius 1 is 1.26 bits per heavy atom. The number of anilines is 1. The molecule has 1 amide bonds. The quantitative estimate of drug-likeness (QED) is 0.804. The number of carbonyl (C=O) groups excluding carboxylic acids is 1. The number of halogens is 1. The van der Waals surface area contributed by atoms with Crippen molar-refractivity contribution in [1.29, 1.82) is 0 Å². The van der Waals surface area contributed by atoms with Gasteiger partial charge >= 0.3 is 0 Å². The molecule has 0 fully saturated rings. The number of aryl methyl sites for hydroxylation is 1. The van der Waals surface area contributed by atoms with E-state index in [0.717, 1.165) is 5.69 Å². The molecule has 1 aromatic carbocycles. The fourth-order valence-corrected chi connectivity index (χ4v) is 2.38. The van der Waals surface area contributed by atoms with E-state index in [2.05, 4.69) is 15.4 Å². The van der Waals surface area contributed by atoms with Gasteiger partial charge in [-0.3, -0.25) is 4.79 Å². The van der Waals surface area contributed by atoms with Crippen molar-refractivity contribution in [2.24, 2.45) is 0 Å². The van der Waals surface area contributed by atoms with Gasteiger partial charge in [-0.1, -0.05) is 13.8 Å². The van der Waals surface area contributed by atoms with Gasteiger partial charge in [0.25, 0.3) is 5.91 Å². The number of fused-ring (bicyclic) bond motifs is 1. The number of amides is 1. The van der Waals surface area contributed by atoms with E-state index in [1.165, 1.54) is 12.1 Å². The maximum absolute atomic E-state index is 13.3. The third-order valence-electron chi connectivity index (χ3n) is 3.63. The summed E-state index contributed by atoms with van der Waals surface area (Å²) in [6.07, 6.45) is 1.65. The lowest BCUT2D eigenvalue weighted by atomic mass is 10.1. The summed E-state index contributed by atoms with van der Waals surface area (Å²) in [6.45, 7) is 5.71. The zero-order chi connectivity index (χ0) is 16.6. The van der Waals surface area contributed by atoms with Crippen LogP contribution < -0.4 is 5.32 Å². The normalized spacial score (nSPS) is 11.2. The number of hydrogen-bond donors (Lipinski definition) is 1. The molecule has 6 heteroatoms. The number of nitrogens with one attached hydrogen (secondary N) is 1. The lowest BCUT2D eigenvalue weighted by Gasteiger charge is -2.11. The van der Waals surface area contributed by atoms with Crippen LogP contribution in [0.15, 0.2) is 36.5 Å². The monoisotopic (exact) mass is 312 g/mol. The molecule has 3 aromatic rings. The Morgan fingerprint density at radius 2 is 2.04 bits per heavy atom. The number of rotatable bonds is 3. The van der Waals surface area contributed by atoms with Crippen molar-refractivity contribution >= 4 is 17.2 Å². The van der Waals surface area contributed by atoms with Gasteiger partial charge in [-0.15, -0.1) is 0 Å². The van der Waals surface area contributed by atoms with Crippen LogP contribution in [0.25, 0.3) is 5.65 Å².